The van der Waals surface area contributed by atoms with E-state index in [-0.39, 0.29) is 0 Å². The molecule has 122 valence electrons. The molecule has 1 aliphatic heterocycles. The van der Waals surface area contributed by atoms with E-state index < -0.39 is 8.07 Å². The van der Waals surface area contributed by atoms with Gasteiger partial charge in [-0.15, -0.1) is 0 Å². The number of allylic oxidation sites excluding steroid dienone is 3. The summed E-state index contributed by atoms with van der Waals surface area (Å²) < 4.78 is 0. The van der Waals surface area contributed by atoms with Gasteiger partial charge in [-0.1, -0.05) is 85.4 Å². The molecule has 0 N–H and O–H groups in total. The van der Waals surface area contributed by atoms with E-state index in [0.29, 0.717) is 5.03 Å². The Bertz CT molecular complexity index is 804. The number of hydrogen-bond donors (Lipinski definition) is 0. The Kier molecular flexibility index (Phi) is 4.88. The maximum Gasteiger partial charge on any atom is 0.147 e. The van der Waals surface area contributed by atoms with E-state index in [0.717, 1.165) is 35.5 Å². The Balaban J connectivity index is 2.39. The smallest absolute Gasteiger partial charge is 0.147 e. The van der Waals surface area contributed by atoms with Gasteiger partial charge in [0.05, 0.1) is 13.1 Å². The van der Waals surface area contributed by atoms with Gasteiger partial charge in [-0.3, -0.25) is 4.79 Å². The highest BCUT2D eigenvalue weighted by molar-refractivity contribution is 6.96. The van der Waals surface area contributed by atoms with Crippen molar-refractivity contribution in [1.82, 2.24) is 0 Å². The van der Waals surface area contributed by atoms with Crippen LogP contribution in [-0.2, 0) is 4.79 Å². The molecule has 2 aromatic carbocycles. The van der Waals surface area contributed by atoms with Crippen LogP contribution in [0.3, 0.4) is 0 Å². The quantitative estimate of drug-likeness (QED) is 0.493. The molecule has 0 amide bonds. The summed E-state index contributed by atoms with van der Waals surface area (Å²) in [6, 6.07) is 21.7. The maximum absolute atomic E-state index is 11.6. The van der Waals surface area contributed by atoms with E-state index >= 15 is 0 Å². The molecule has 0 bridgehead atoms. The Hall–Kier alpha value is -1.90. The van der Waals surface area contributed by atoms with Gasteiger partial charge < -0.3 is 0 Å². The van der Waals surface area contributed by atoms with Gasteiger partial charge in [-0.2, -0.15) is 0 Å². The fourth-order valence-corrected chi connectivity index (χ4v) is 6.88. The Morgan fingerprint density at radius 3 is 2.00 bits per heavy atom. The van der Waals surface area contributed by atoms with Gasteiger partial charge in [-0.05, 0) is 28.8 Å². The standard InChI is InChI=1S/C21H21ClOSi/c1-24(2)14-13-18(15-23)20(22)19(16-9-5-3-6-10-16)21(24)17-11-7-4-8-12-17/h3-12,15H,13-14H2,1-2H3. The second kappa shape index (κ2) is 6.92. The monoisotopic (exact) mass is 352 g/mol. The summed E-state index contributed by atoms with van der Waals surface area (Å²) in [5.74, 6) is 0. The second-order valence-corrected chi connectivity index (χ2v) is 12.0. The van der Waals surface area contributed by atoms with Crippen molar-refractivity contribution in [3.05, 3.63) is 82.4 Å². The molecule has 3 rings (SSSR count). The molecular weight excluding hydrogens is 332 g/mol. The fourth-order valence-electron chi connectivity index (χ4n) is 3.42. The van der Waals surface area contributed by atoms with Crippen LogP contribution in [0.1, 0.15) is 17.5 Å². The van der Waals surface area contributed by atoms with Gasteiger partial charge in [0.1, 0.15) is 6.29 Å². The highest BCUT2D eigenvalue weighted by Gasteiger charge is 2.34. The van der Waals surface area contributed by atoms with Crippen LogP contribution in [0.4, 0.5) is 0 Å². The summed E-state index contributed by atoms with van der Waals surface area (Å²) >= 11 is 6.77. The van der Waals surface area contributed by atoms with Gasteiger partial charge in [0, 0.05) is 11.1 Å². The van der Waals surface area contributed by atoms with Crippen LogP contribution < -0.4 is 0 Å². The number of carbonyl (C=O) groups excluding carboxylic acids is 1. The number of carbonyl (C=O) groups is 1. The minimum atomic E-state index is -1.76. The fraction of sp³-hybridized carbons (Fsp3) is 0.190. The zero-order valence-corrected chi connectivity index (χ0v) is 15.8. The summed E-state index contributed by atoms with van der Waals surface area (Å²) in [5.41, 5.74) is 4.07. The molecule has 24 heavy (non-hydrogen) atoms. The molecule has 2 aromatic rings. The normalized spacial score (nSPS) is 17.6. The lowest BCUT2D eigenvalue weighted by Gasteiger charge is -2.28. The third-order valence-corrected chi connectivity index (χ3v) is 8.54. The molecule has 0 aliphatic carbocycles. The second-order valence-electron chi connectivity index (χ2n) is 6.82. The van der Waals surface area contributed by atoms with Crippen LogP contribution in [0.15, 0.2) is 71.3 Å². The maximum atomic E-state index is 11.6. The van der Waals surface area contributed by atoms with E-state index in [1.807, 2.05) is 24.3 Å². The van der Waals surface area contributed by atoms with E-state index in [9.17, 15) is 4.79 Å². The summed E-state index contributed by atoms with van der Waals surface area (Å²) in [4.78, 5) is 11.6. The average molecular weight is 353 g/mol. The minimum absolute atomic E-state index is 0.619. The largest absolute Gasteiger partial charge is 0.298 e. The van der Waals surface area contributed by atoms with Crippen LogP contribution in [0.2, 0.25) is 19.1 Å². The van der Waals surface area contributed by atoms with Crippen molar-refractivity contribution in [3.8, 4) is 0 Å². The summed E-state index contributed by atoms with van der Waals surface area (Å²) in [6.07, 6.45) is 1.69. The Morgan fingerprint density at radius 2 is 1.46 bits per heavy atom. The predicted octanol–water partition coefficient (Wildman–Crippen LogP) is 5.94. The first-order valence-corrected chi connectivity index (χ1v) is 11.8. The van der Waals surface area contributed by atoms with E-state index in [1.54, 1.807) is 0 Å². The molecule has 0 saturated carbocycles. The van der Waals surface area contributed by atoms with Gasteiger partial charge >= 0.3 is 0 Å². The molecule has 1 aliphatic rings. The number of rotatable bonds is 3. The predicted molar refractivity (Wildman–Crippen MR) is 106 cm³/mol. The number of benzene rings is 2. The topological polar surface area (TPSA) is 17.1 Å². The third kappa shape index (κ3) is 3.17. The van der Waals surface area contributed by atoms with Crippen molar-refractivity contribution in [3.63, 3.8) is 0 Å². The number of hydrogen-bond acceptors (Lipinski definition) is 1. The lowest BCUT2D eigenvalue weighted by atomic mass is 9.99. The van der Waals surface area contributed by atoms with Gasteiger partial charge in [-0.25, -0.2) is 0 Å². The first-order valence-electron chi connectivity index (χ1n) is 8.24. The highest BCUT2D eigenvalue weighted by atomic mass is 35.5. The van der Waals surface area contributed by atoms with Crippen LogP contribution >= 0.6 is 11.6 Å². The first-order chi connectivity index (χ1) is 11.5. The minimum Gasteiger partial charge on any atom is -0.298 e. The van der Waals surface area contributed by atoms with Crippen molar-refractivity contribution in [2.45, 2.75) is 25.6 Å². The molecular formula is C21H21ClOSi. The zero-order chi connectivity index (χ0) is 17.2. The molecule has 3 heteroatoms. The Morgan fingerprint density at radius 1 is 0.917 bits per heavy atom. The molecule has 0 aromatic heterocycles. The molecule has 0 spiro atoms. The number of aldehydes is 1. The first kappa shape index (κ1) is 16.9. The van der Waals surface area contributed by atoms with Crippen molar-refractivity contribution in [1.29, 1.82) is 0 Å². The van der Waals surface area contributed by atoms with Gasteiger partial charge in [0.25, 0.3) is 0 Å². The van der Waals surface area contributed by atoms with Crippen LogP contribution in [0.25, 0.3) is 10.8 Å². The summed E-state index contributed by atoms with van der Waals surface area (Å²) in [6.45, 7) is 4.74. The lowest BCUT2D eigenvalue weighted by molar-refractivity contribution is -0.105. The molecule has 1 heterocycles. The molecule has 1 nitrogen and oxygen atoms in total. The molecule has 0 atom stereocenters. The van der Waals surface area contributed by atoms with Crippen LogP contribution in [-0.4, -0.2) is 14.4 Å². The van der Waals surface area contributed by atoms with Crippen LogP contribution in [0, 0.1) is 0 Å². The van der Waals surface area contributed by atoms with Crippen molar-refractivity contribution in [2.75, 3.05) is 0 Å². The lowest BCUT2D eigenvalue weighted by Crippen LogP contribution is -2.28. The molecule has 0 saturated heterocycles. The van der Waals surface area contributed by atoms with Crippen molar-refractivity contribution >= 4 is 36.7 Å². The molecule has 0 unspecified atom stereocenters. The summed E-state index contributed by atoms with van der Waals surface area (Å²) in [5, 5.41) is 1.96. The van der Waals surface area contributed by atoms with Gasteiger partial charge in [0.2, 0.25) is 0 Å². The third-order valence-electron chi connectivity index (χ3n) is 4.71. The SMILES string of the molecule is C[Si]1(C)CCC(C=O)=C(Cl)C(c2ccccc2)=C1c1ccccc1. The van der Waals surface area contributed by atoms with Crippen LogP contribution in [0.5, 0.6) is 0 Å². The highest BCUT2D eigenvalue weighted by Crippen LogP contribution is 2.45. The summed E-state index contributed by atoms with van der Waals surface area (Å²) in [7, 11) is -1.76. The molecule has 0 radical (unpaired) electrons. The zero-order valence-electron chi connectivity index (χ0n) is 14.1. The van der Waals surface area contributed by atoms with E-state index in [4.69, 9.17) is 11.6 Å². The van der Waals surface area contributed by atoms with Crippen molar-refractivity contribution in [2.24, 2.45) is 0 Å². The average Bonchev–Trinajstić information content (AvgIpc) is 2.70. The van der Waals surface area contributed by atoms with Crippen molar-refractivity contribution < 1.29 is 4.79 Å². The number of halogens is 1. The van der Waals surface area contributed by atoms with Gasteiger partial charge in [0.15, 0.2) is 0 Å². The van der Waals surface area contributed by atoms with E-state index in [2.05, 4.69) is 49.5 Å². The molecule has 0 fully saturated rings. The van der Waals surface area contributed by atoms with E-state index in [1.165, 1.54) is 10.8 Å². The Labute approximate surface area is 149 Å².